The van der Waals surface area contributed by atoms with Crippen LogP contribution in [0, 0.1) is 0 Å². The molecule has 0 saturated carbocycles. The average molecular weight is 229 g/mol. The predicted molar refractivity (Wildman–Crippen MR) is 57.8 cm³/mol. The van der Waals surface area contributed by atoms with Crippen LogP contribution in [0.15, 0.2) is 0 Å². The summed E-state index contributed by atoms with van der Waals surface area (Å²) in [4.78, 5) is 22.5. The zero-order valence-corrected chi connectivity index (χ0v) is 9.82. The number of amides is 1. The van der Waals surface area contributed by atoms with Gasteiger partial charge in [0.05, 0.1) is 25.2 Å². The Morgan fingerprint density at radius 1 is 1.44 bits per heavy atom. The molecule has 92 valence electrons. The fourth-order valence-corrected chi connectivity index (χ4v) is 1.65. The van der Waals surface area contributed by atoms with Gasteiger partial charge in [-0.05, 0) is 20.3 Å². The number of esters is 1. The van der Waals surface area contributed by atoms with E-state index in [0.717, 1.165) is 6.42 Å². The Morgan fingerprint density at radius 3 is 2.75 bits per heavy atom. The van der Waals surface area contributed by atoms with Gasteiger partial charge in [0.25, 0.3) is 0 Å². The Kier molecular flexibility index (Phi) is 5.25. The molecule has 0 aromatic heterocycles. The summed E-state index contributed by atoms with van der Waals surface area (Å²) in [6.45, 7) is 4.72. The fraction of sp³-hybridized carbons (Fsp3) is 0.818. The van der Waals surface area contributed by atoms with E-state index in [-0.39, 0.29) is 36.9 Å². The second-order valence-corrected chi connectivity index (χ2v) is 3.84. The van der Waals surface area contributed by atoms with Crippen LogP contribution in [0.2, 0.25) is 0 Å². The van der Waals surface area contributed by atoms with Gasteiger partial charge in [-0.25, -0.2) is 0 Å². The van der Waals surface area contributed by atoms with Crippen molar-refractivity contribution < 1.29 is 19.1 Å². The zero-order chi connectivity index (χ0) is 12.0. The molecule has 1 amide bonds. The van der Waals surface area contributed by atoms with Gasteiger partial charge in [-0.3, -0.25) is 9.59 Å². The van der Waals surface area contributed by atoms with Gasteiger partial charge in [0, 0.05) is 13.0 Å². The highest BCUT2D eigenvalue weighted by molar-refractivity contribution is 5.81. The van der Waals surface area contributed by atoms with Crippen LogP contribution >= 0.6 is 0 Å². The van der Waals surface area contributed by atoms with Crippen LogP contribution in [0.1, 0.15) is 33.1 Å². The quantitative estimate of drug-likeness (QED) is 0.702. The van der Waals surface area contributed by atoms with Gasteiger partial charge in [-0.1, -0.05) is 0 Å². The molecule has 2 unspecified atom stereocenters. The van der Waals surface area contributed by atoms with Crippen molar-refractivity contribution in [1.82, 2.24) is 5.32 Å². The van der Waals surface area contributed by atoms with Crippen LogP contribution in [0.5, 0.6) is 0 Å². The molecule has 5 nitrogen and oxygen atoms in total. The second-order valence-electron chi connectivity index (χ2n) is 3.84. The molecule has 16 heavy (non-hydrogen) atoms. The lowest BCUT2D eigenvalue weighted by atomic mass is 10.1. The molecule has 0 aliphatic carbocycles. The first-order chi connectivity index (χ1) is 7.63. The molecule has 1 heterocycles. The number of hydrogen-bond donors (Lipinski definition) is 1. The topological polar surface area (TPSA) is 64.6 Å². The third-order valence-corrected chi connectivity index (χ3v) is 2.58. The summed E-state index contributed by atoms with van der Waals surface area (Å²) in [6.07, 6.45) is 1.22. The van der Waals surface area contributed by atoms with Gasteiger partial charge >= 0.3 is 5.97 Å². The summed E-state index contributed by atoms with van der Waals surface area (Å²) in [5.74, 6) is -0.441. The van der Waals surface area contributed by atoms with Crippen LogP contribution in [0.25, 0.3) is 0 Å². The number of hydrogen-bond acceptors (Lipinski definition) is 4. The van der Waals surface area contributed by atoms with Crippen molar-refractivity contribution in [2.24, 2.45) is 0 Å². The van der Waals surface area contributed by atoms with Gasteiger partial charge in [0.2, 0.25) is 5.91 Å². The minimum Gasteiger partial charge on any atom is -0.466 e. The van der Waals surface area contributed by atoms with Gasteiger partial charge < -0.3 is 14.8 Å². The molecule has 1 saturated heterocycles. The molecule has 0 radical (unpaired) electrons. The van der Waals surface area contributed by atoms with Gasteiger partial charge in [-0.15, -0.1) is 0 Å². The van der Waals surface area contributed by atoms with E-state index in [4.69, 9.17) is 9.47 Å². The average Bonchev–Trinajstić information content (AvgIpc) is 2.62. The van der Waals surface area contributed by atoms with Crippen molar-refractivity contribution in [3.05, 3.63) is 0 Å². The van der Waals surface area contributed by atoms with E-state index in [1.54, 1.807) is 6.92 Å². The lowest BCUT2D eigenvalue weighted by molar-refractivity contribution is -0.144. The number of ether oxygens (including phenoxy) is 2. The van der Waals surface area contributed by atoms with Crippen molar-refractivity contribution in [3.63, 3.8) is 0 Å². The molecule has 1 fully saturated rings. The molecule has 2 atom stereocenters. The third kappa shape index (κ3) is 4.18. The van der Waals surface area contributed by atoms with E-state index < -0.39 is 0 Å². The Morgan fingerprint density at radius 2 is 2.19 bits per heavy atom. The van der Waals surface area contributed by atoms with E-state index in [2.05, 4.69) is 5.32 Å². The molecule has 0 bridgehead atoms. The van der Waals surface area contributed by atoms with Gasteiger partial charge in [0.15, 0.2) is 0 Å². The summed E-state index contributed by atoms with van der Waals surface area (Å²) in [6, 6.07) is 0.0784. The Labute approximate surface area is 95.5 Å². The molecular formula is C11H19NO4. The molecule has 0 aromatic rings. The second kappa shape index (κ2) is 6.48. The lowest BCUT2D eigenvalue weighted by Gasteiger charge is -2.15. The molecule has 1 aliphatic heterocycles. The summed E-state index contributed by atoms with van der Waals surface area (Å²) >= 11 is 0. The van der Waals surface area contributed by atoms with Crippen molar-refractivity contribution in [1.29, 1.82) is 0 Å². The highest BCUT2D eigenvalue weighted by atomic mass is 16.5. The molecule has 1 aliphatic rings. The molecule has 0 aromatic carbocycles. The highest BCUT2D eigenvalue weighted by Gasteiger charge is 2.25. The normalized spacial score (nSPS) is 24.1. The standard InChI is InChI=1S/C11H19NO4/c1-3-15-11(14)5-4-10(13)12-9-6-7-16-8(9)2/h8-9H,3-7H2,1-2H3,(H,12,13). The first kappa shape index (κ1) is 13.0. The summed E-state index contributed by atoms with van der Waals surface area (Å²) in [5.41, 5.74) is 0. The van der Waals surface area contributed by atoms with E-state index in [0.29, 0.717) is 13.2 Å². The monoisotopic (exact) mass is 229 g/mol. The Bertz CT molecular complexity index is 254. The van der Waals surface area contributed by atoms with Crippen LogP contribution in [0.4, 0.5) is 0 Å². The third-order valence-electron chi connectivity index (χ3n) is 2.58. The van der Waals surface area contributed by atoms with E-state index >= 15 is 0 Å². The van der Waals surface area contributed by atoms with Crippen molar-refractivity contribution in [3.8, 4) is 0 Å². The van der Waals surface area contributed by atoms with E-state index in [1.807, 2.05) is 6.92 Å². The molecular weight excluding hydrogens is 210 g/mol. The van der Waals surface area contributed by atoms with E-state index in [9.17, 15) is 9.59 Å². The van der Waals surface area contributed by atoms with Crippen molar-refractivity contribution in [2.45, 2.75) is 45.3 Å². The largest absolute Gasteiger partial charge is 0.466 e. The maximum Gasteiger partial charge on any atom is 0.306 e. The molecule has 5 heteroatoms. The zero-order valence-electron chi connectivity index (χ0n) is 9.82. The van der Waals surface area contributed by atoms with Crippen LogP contribution < -0.4 is 5.32 Å². The predicted octanol–water partition coefficient (Wildman–Crippen LogP) is 0.623. The van der Waals surface area contributed by atoms with Crippen molar-refractivity contribution >= 4 is 11.9 Å². The summed E-state index contributed by atoms with van der Waals surface area (Å²) in [7, 11) is 0. The molecule has 1 N–H and O–H groups in total. The number of carbonyl (C=O) groups is 2. The lowest BCUT2D eigenvalue weighted by Crippen LogP contribution is -2.39. The maximum atomic E-state index is 11.5. The SMILES string of the molecule is CCOC(=O)CCC(=O)NC1CCOC1C. The van der Waals surface area contributed by atoms with Crippen LogP contribution in [0.3, 0.4) is 0 Å². The van der Waals surface area contributed by atoms with E-state index in [1.165, 1.54) is 0 Å². The smallest absolute Gasteiger partial charge is 0.306 e. The molecule has 0 spiro atoms. The minimum absolute atomic E-state index is 0.0616. The number of carbonyl (C=O) groups excluding carboxylic acids is 2. The van der Waals surface area contributed by atoms with Crippen molar-refractivity contribution in [2.75, 3.05) is 13.2 Å². The highest BCUT2D eigenvalue weighted by Crippen LogP contribution is 2.12. The van der Waals surface area contributed by atoms with Crippen LogP contribution in [-0.4, -0.2) is 37.2 Å². The van der Waals surface area contributed by atoms with Crippen LogP contribution in [-0.2, 0) is 19.1 Å². The first-order valence-corrected chi connectivity index (χ1v) is 5.70. The number of rotatable bonds is 5. The Balaban J connectivity index is 2.18. The molecule has 1 rings (SSSR count). The Hall–Kier alpha value is -1.10. The number of nitrogens with one attached hydrogen (secondary N) is 1. The summed E-state index contributed by atoms with van der Waals surface area (Å²) in [5, 5.41) is 2.85. The van der Waals surface area contributed by atoms with Gasteiger partial charge in [0.1, 0.15) is 0 Å². The van der Waals surface area contributed by atoms with Gasteiger partial charge in [-0.2, -0.15) is 0 Å². The minimum atomic E-state index is -0.326. The maximum absolute atomic E-state index is 11.5. The first-order valence-electron chi connectivity index (χ1n) is 5.70. The summed E-state index contributed by atoms with van der Waals surface area (Å²) < 4.78 is 10.1. The fourth-order valence-electron chi connectivity index (χ4n) is 1.65.